The van der Waals surface area contributed by atoms with Crippen LogP contribution in [-0.4, -0.2) is 5.97 Å². The van der Waals surface area contributed by atoms with Crippen molar-refractivity contribution in [3.05, 3.63) is 76.0 Å². The highest BCUT2D eigenvalue weighted by Gasteiger charge is 2.12. The van der Waals surface area contributed by atoms with E-state index in [1.54, 1.807) is 11.3 Å². The Morgan fingerprint density at radius 1 is 0.629 bits per heavy atom. The molecule has 3 rings (SSSR count). The number of carbonyl (C=O) groups is 1. The molecule has 0 aliphatic rings. The second kappa shape index (κ2) is 15.6. The van der Waals surface area contributed by atoms with Crippen LogP contribution in [-0.2, 0) is 12.8 Å². The molecule has 0 saturated heterocycles. The summed E-state index contributed by atoms with van der Waals surface area (Å²) in [4.78, 5) is 14.6. The Hall–Kier alpha value is -2.39. The molecular formula is C32H42O2S. The van der Waals surface area contributed by atoms with Gasteiger partial charge in [0.2, 0.25) is 0 Å². The number of aryl methyl sites for hydroxylation is 2. The van der Waals surface area contributed by atoms with Crippen molar-refractivity contribution in [1.29, 1.82) is 0 Å². The van der Waals surface area contributed by atoms with E-state index in [0.29, 0.717) is 10.6 Å². The number of hydrogen-bond donors (Lipinski definition) is 0. The maximum absolute atomic E-state index is 12.6. The summed E-state index contributed by atoms with van der Waals surface area (Å²) in [6.45, 7) is 4.50. The van der Waals surface area contributed by atoms with E-state index in [1.165, 1.54) is 86.6 Å². The molecule has 0 amide bonds. The van der Waals surface area contributed by atoms with Crippen LogP contribution in [0.2, 0.25) is 0 Å². The average Bonchev–Trinajstić information content (AvgIpc) is 3.36. The minimum atomic E-state index is -0.264. The molecule has 0 saturated carbocycles. The normalized spacial score (nSPS) is 11.0. The van der Waals surface area contributed by atoms with Gasteiger partial charge >= 0.3 is 5.97 Å². The Balaban J connectivity index is 1.44. The highest BCUT2D eigenvalue weighted by atomic mass is 32.1. The summed E-state index contributed by atoms with van der Waals surface area (Å²) in [6, 6.07) is 20.7. The molecular weight excluding hydrogens is 448 g/mol. The summed E-state index contributed by atoms with van der Waals surface area (Å²) < 4.78 is 5.64. The smallest absolute Gasteiger partial charge is 0.353 e. The molecule has 0 N–H and O–H groups in total. The Morgan fingerprint density at radius 3 is 1.80 bits per heavy atom. The van der Waals surface area contributed by atoms with Gasteiger partial charge in [0.1, 0.15) is 10.6 Å². The Morgan fingerprint density at radius 2 is 1.17 bits per heavy atom. The van der Waals surface area contributed by atoms with Gasteiger partial charge in [-0.3, -0.25) is 0 Å². The van der Waals surface area contributed by atoms with Gasteiger partial charge in [-0.15, -0.1) is 11.3 Å². The van der Waals surface area contributed by atoms with Crippen molar-refractivity contribution in [3.63, 3.8) is 0 Å². The van der Waals surface area contributed by atoms with Crippen molar-refractivity contribution in [2.75, 3.05) is 0 Å². The predicted octanol–water partition coefficient (Wildman–Crippen LogP) is 10.1. The van der Waals surface area contributed by atoms with Gasteiger partial charge in [0.25, 0.3) is 0 Å². The molecule has 0 fully saturated rings. The average molecular weight is 491 g/mol. The van der Waals surface area contributed by atoms with Crippen LogP contribution >= 0.6 is 11.3 Å². The van der Waals surface area contributed by atoms with E-state index >= 15 is 0 Å². The third kappa shape index (κ3) is 9.64. The molecule has 0 bridgehead atoms. The minimum Gasteiger partial charge on any atom is -0.422 e. The number of rotatable bonds is 16. The monoisotopic (exact) mass is 490 g/mol. The molecule has 3 aromatic rings. The van der Waals surface area contributed by atoms with Crippen LogP contribution in [0.15, 0.2) is 60.7 Å². The third-order valence-corrected chi connectivity index (χ3v) is 7.69. The second-order valence-electron chi connectivity index (χ2n) is 9.56. The first kappa shape index (κ1) is 27.2. The summed E-state index contributed by atoms with van der Waals surface area (Å²) in [6.07, 6.45) is 16.5. The number of benzene rings is 2. The van der Waals surface area contributed by atoms with Crippen molar-refractivity contribution >= 4 is 17.3 Å². The van der Waals surface area contributed by atoms with Crippen LogP contribution in [0.4, 0.5) is 0 Å². The maximum atomic E-state index is 12.6. The molecule has 35 heavy (non-hydrogen) atoms. The van der Waals surface area contributed by atoms with Crippen molar-refractivity contribution < 1.29 is 9.53 Å². The third-order valence-electron chi connectivity index (χ3n) is 6.56. The fourth-order valence-electron chi connectivity index (χ4n) is 4.37. The number of hydrogen-bond acceptors (Lipinski definition) is 3. The molecule has 0 radical (unpaired) electrons. The lowest BCUT2D eigenvalue weighted by molar-refractivity contribution is 0.0740. The van der Waals surface area contributed by atoms with Crippen LogP contribution in [0.3, 0.4) is 0 Å². The summed E-state index contributed by atoms with van der Waals surface area (Å²) in [5, 5.41) is 0. The number of thiophene rings is 1. The Labute approximate surface area is 216 Å². The van der Waals surface area contributed by atoms with Crippen molar-refractivity contribution in [3.8, 4) is 16.9 Å². The van der Waals surface area contributed by atoms with Crippen LogP contribution in [0.25, 0.3) is 11.1 Å². The molecule has 2 nitrogen and oxygen atoms in total. The standard InChI is InChI=1S/C32H42O2S/c1-3-5-7-9-11-13-15-30-24-25-31(35-30)32(33)34-29-22-20-28(21-23-29)27-18-16-26(17-19-27)14-12-10-8-6-4-2/h16-25H,3-15H2,1-2H3. The fraction of sp³-hybridized carbons (Fsp3) is 0.469. The van der Waals surface area contributed by atoms with Gasteiger partial charge in [0.05, 0.1) is 0 Å². The van der Waals surface area contributed by atoms with Gasteiger partial charge in [0.15, 0.2) is 0 Å². The SMILES string of the molecule is CCCCCCCCc1ccc(C(=O)Oc2ccc(-c3ccc(CCCCCCC)cc3)cc2)s1. The summed E-state index contributed by atoms with van der Waals surface area (Å²) in [7, 11) is 0. The molecule has 188 valence electrons. The quantitative estimate of drug-likeness (QED) is 0.113. The zero-order valence-corrected chi connectivity index (χ0v) is 22.5. The van der Waals surface area contributed by atoms with E-state index in [9.17, 15) is 4.79 Å². The molecule has 0 atom stereocenters. The molecule has 0 spiro atoms. The lowest BCUT2D eigenvalue weighted by Crippen LogP contribution is -2.06. The van der Waals surface area contributed by atoms with Crippen LogP contribution in [0.1, 0.15) is 105 Å². The molecule has 2 aromatic carbocycles. The zero-order valence-electron chi connectivity index (χ0n) is 21.7. The van der Waals surface area contributed by atoms with Crippen molar-refractivity contribution in [2.45, 2.75) is 97.3 Å². The Bertz CT molecular complexity index is 985. The largest absolute Gasteiger partial charge is 0.422 e. The van der Waals surface area contributed by atoms with E-state index in [0.717, 1.165) is 18.4 Å². The van der Waals surface area contributed by atoms with Crippen LogP contribution in [0.5, 0.6) is 5.75 Å². The van der Waals surface area contributed by atoms with Gasteiger partial charge < -0.3 is 4.74 Å². The van der Waals surface area contributed by atoms with Gasteiger partial charge in [-0.2, -0.15) is 0 Å². The highest BCUT2D eigenvalue weighted by Crippen LogP contribution is 2.25. The van der Waals surface area contributed by atoms with Gasteiger partial charge in [0, 0.05) is 4.88 Å². The molecule has 0 aliphatic carbocycles. The molecule has 1 aromatic heterocycles. The number of esters is 1. The van der Waals surface area contributed by atoms with Crippen LogP contribution < -0.4 is 4.74 Å². The molecule has 0 unspecified atom stereocenters. The lowest BCUT2D eigenvalue weighted by Gasteiger charge is -2.07. The van der Waals surface area contributed by atoms with Crippen LogP contribution in [0, 0.1) is 0 Å². The number of unbranched alkanes of at least 4 members (excludes halogenated alkanes) is 9. The summed E-state index contributed by atoms with van der Waals surface area (Å²) >= 11 is 1.56. The lowest BCUT2D eigenvalue weighted by atomic mass is 10.0. The summed E-state index contributed by atoms with van der Waals surface area (Å²) in [5.41, 5.74) is 3.73. The van der Waals surface area contributed by atoms with Gasteiger partial charge in [-0.1, -0.05) is 108 Å². The number of carbonyl (C=O) groups excluding carboxylic acids is 1. The van der Waals surface area contributed by atoms with Gasteiger partial charge in [-0.05, 0) is 66.6 Å². The molecule has 1 heterocycles. The highest BCUT2D eigenvalue weighted by molar-refractivity contribution is 7.13. The topological polar surface area (TPSA) is 26.3 Å². The maximum Gasteiger partial charge on any atom is 0.353 e. The van der Waals surface area contributed by atoms with E-state index in [2.05, 4.69) is 44.2 Å². The van der Waals surface area contributed by atoms with Gasteiger partial charge in [-0.25, -0.2) is 4.79 Å². The zero-order chi connectivity index (χ0) is 24.7. The van der Waals surface area contributed by atoms with E-state index < -0.39 is 0 Å². The fourth-order valence-corrected chi connectivity index (χ4v) is 5.30. The Kier molecular flexibility index (Phi) is 12.1. The summed E-state index contributed by atoms with van der Waals surface area (Å²) in [5.74, 6) is 0.327. The first-order valence-corrected chi connectivity index (χ1v) is 14.5. The second-order valence-corrected chi connectivity index (χ2v) is 10.7. The van der Waals surface area contributed by atoms with E-state index in [-0.39, 0.29) is 5.97 Å². The van der Waals surface area contributed by atoms with E-state index in [4.69, 9.17) is 4.74 Å². The van der Waals surface area contributed by atoms with Crippen molar-refractivity contribution in [2.24, 2.45) is 0 Å². The molecule has 0 aliphatic heterocycles. The van der Waals surface area contributed by atoms with Crippen molar-refractivity contribution in [1.82, 2.24) is 0 Å². The first-order valence-electron chi connectivity index (χ1n) is 13.7. The first-order chi connectivity index (χ1) is 17.2. The minimum absolute atomic E-state index is 0.264. The van der Waals surface area contributed by atoms with E-state index in [1.807, 2.05) is 30.3 Å². The predicted molar refractivity (Wildman–Crippen MR) is 151 cm³/mol. The number of ether oxygens (including phenoxy) is 1. The molecule has 3 heteroatoms.